The van der Waals surface area contributed by atoms with Crippen LogP contribution in [0.5, 0.6) is 5.75 Å². The molecule has 1 aliphatic heterocycles. The SMILES string of the molecule is O=S(=O)(Oc1c(F)ccc2cc3c(cnn3C3CCCCO3)c(Cl)c12)C(F)(F)F. The van der Waals surface area contributed by atoms with E-state index in [1.165, 1.54) is 18.3 Å². The average molecular weight is 453 g/mol. The monoisotopic (exact) mass is 452 g/mol. The number of rotatable bonds is 3. The molecule has 0 amide bonds. The van der Waals surface area contributed by atoms with Crippen molar-refractivity contribution in [3.8, 4) is 5.75 Å². The lowest BCUT2D eigenvalue weighted by molar-refractivity contribution is -0.0500. The van der Waals surface area contributed by atoms with Gasteiger partial charge in [0.25, 0.3) is 0 Å². The molecule has 2 heterocycles. The highest BCUT2D eigenvalue weighted by atomic mass is 35.5. The molecule has 156 valence electrons. The Labute approximate surface area is 167 Å². The maximum atomic E-state index is 14.3. The Morgan fingerprint density at radius 2 is 2.03 bits per heavy atom. The number of hydrogen-bond donors (Lipinski definition) is 0. The van der Waals surface area contributed by atoms with E-state index in [1.807, 2.05) is 0 Å². The van der Waals surface area contributed by atoms with Crippen LogP contribution in [-0.2, 0) is 14.9 Å². The molecule has 3 aromatic rings. The van der Waals surface area contributed by atoms with Gasteiger partial charge < -0.3 is 8.92 Å². The summed E-state index contributed by atoms with van der Waals surface area (Å²) in [5, 5.41) is 4.26. The van der Waals surface area contributed by atoms with E-state index in [4.69, 9.17) is 16.3 Å². The lowest BCUT2D eigenvalue weighted by Gasteiger charge is -2.23. The van der Waals surface area contributed by atoms with E-state index in [0.29, 0.717) is 23.9 Å². The quantitative estimate of drug-likeness (QED) is 0.321. The molecule has 2 aromatic carbocycles. The van der Waals surface area contributed by atoms with Crippen LogP contribution in [0, 0.1) is 5.82 Å². The van der Waals surface area contributed by atoms with Crippen LogP contribution in [-0.4, -0.2) is 30.3 Å². The van der Waals surface area contributed by atoms with Gasteiger partial charge in [-0.1, -0.05) is 17.7 Å². The van der Waals surface area contributed by atoms with Crippen LogP contribution in [0.4, 0.5) is 17.6 Å². The molecular formula is C17H13ClF4N2O4S. The molecular weight excluding hydrogens is 440 g/mol. The second-order valence-corrected chi connectivity index (χ2v) is 8.41. The third-order valence-electron chi connectivity index (χ3n) is 4.63. The summed E-state index contributed by atoms with van der Waals surface area (Å²) in [6, 6.07) is 3.60. The van der Waals surface area contributed by atoms with E-state index in [-0.39, 0.29) is 22.0 Å². The number of hydrogen-bond acceptors (Lipinski definition) is 5. The maximum Gasteiger partial charge on any atom is 0.534 e. The Morgan fingerprint density at radius 1 is 1.28 bits per heavy atom. The third kappa shape index (κ3) is 3.40. The number of benzene rings is 2. The zero-order valence-corrected chi connectivity index (χ0v) is 16.1. The van der Waals surface area contributed by atoms with E-state index in [0.717, 1.165) is 18.9 Å². The van der Waals surface area contributed by atoms with Crippen LogP contribution in [0.1, 0.15) is 25.5 Å². The Balaban J connectivity index is 1.92. The minimum absolute atomic E-state index is 0.175. The predicted molar refractivity (Wildman–Crippen MR) is 96.6 cm³/mol. The number of fused-ring (bicyclic) bond motifs is 2. The first-order chi connectivity index (χ1) is 13.6. The van der Waals surface area contributed by atoms with Crippen molar-refractivity contribution in [2.24, 2.45) is 0 Å². The minimum atomic E-state index is -6.09. The van der Waals surface area contributed by atoms with Gasteiger partial charge in [0.05, 0.1) is 16.7 Å². The van der Waals surface area contributed by atoms with E-state index in [9.17, 15) is 26.0 Å². The molecule has 4 rings (SSSR count). The molecule has 0 N–H and O–H groups in total. The van der Waals surface area contributed by atoms with Gasteiger partial charge in [-0.05, 0) is 36.8 Å². The number of alkyl halides is 3. The molecule has 29 heavy (non-hydrogen) atoms. The lowest BCUT2D eigenvalue weighted by Crippen LogP contribution is -2.28. The number of ether oxygens (including phenoxy) is 1. The lowest BCUT2D eigenvalue weighted by atomic mass is 10.1. The Morgan fingerprint density at radius 3 is 2.69 bits per heavy atom. The summed E-state index contributed by atoms with van der Waals surface area (Å²) in [5.41, 5.74) is -5.20. The molecule has 1 aliphatic rings. The average Bonchev–Trinajstić information content (AvgIpc) is 3.08. The van der Waals surface area contributed by atoms with E-state index in [2.05, 4.69) is 9.28 Å². The van der Waals surface area contributed by atoms with Crippen molar-refractivity contribution >= 4 is 43.4 Å². The summed E-state index contributed by atoms with van der Waals surface area (Å²) in [6.07, 6.45) is 3.60. The first-order valence-corrected chi connectivity index (χ1v) is 10.3. The Hall–Kier alpha value is -2.11. The van der Waals surface area contributed by atoms with Gasteiger partial charge in [-0.15, -0.1) is 0 Å². The van der Waals surface area contributed by atoms with Crippen LogP contribution in [0.2, 0.25) is 5.02 Å². The van der Waals surface area contributed by atoms with Gasteiger partial charge in [-0.2, -0.15) is 26.7 Å². The van der Waals surface area contributed by atoms with Crippen molar-refractivity contribution in [1.29, 1.82) is 0 Å². The summed E-state index contributed by atoms with van der Waals surface area (Å²) >= 11 is 6.33. The van der Waals surface area contributed by atoms with Crippen molar-refractivity contribution in [2.75, 3.05) is 6.61 Å². The zero-order chi connectivity index (χ0) is 21.0. The van der Waals surface area contributed by atoms with Crippen molar-refractivity contribution in [1.82, 2.24) is 9.78 Å². The summed E-state index contributed by atoms with van der Waals surface area (Å²) in [7, 11) is -6.09. The van der Waals surface area contributed by atoms with Gasteiger partial charge in [0, 0.05) is 17.4 Å². The summed E-state index contributed by atoms with van der Waals surface area (Å²) in [5.74, 6) is -2.41. The van der Waals surface area contributed by atoms with Gasteiger partial charge in [-0.3, -0.25) is 0 Å². The van der Waals surface area contributed by atoms with Crippen molar-refractivity contribution in [3.05, 3.63) is 35.2 Å². The van der Waals surface area contributed by atoms with Gasteiger partial charge in [0.15, 0.2) is 17.8 Å². The predicted octanol–water partition coefficient (Wildman–Crippen LogP) is 4.91. The van der Waals surface area contributed by atoms with Crippen molar-refractivity contribution in [3.63, 3.8) is 0 Å². The standard InChI is InChI=1S/C17H13ClF4N2O4S/c18-15-10-8-23-24(13-3-1-2-6-27-13)12(10)7-9-4-5-11(19)16(14(9)15)28-29(25,26)17(20,21)22/h4-5,7-8,13H,1-3,6H2. The number of nitrogens with zero attached hydrogens (tertiary/aromatic N) is 2. The van der Waals surface area contributed by atoms with Crippen molar-refractivity contribution in [2.45, 2.75) is 31.0 Å². The van der Waals surface area contributed by atoms with Gasteiger partial charge in [0.1, 0.15) is 0 Å². The second-order valence-electron chi connectivity index (χ2n) is 6.49. The van der Waals surface area contributed by atoms with Crippen molar-refractivity contribution < 1.29 is 34.9 Å². The summed E-state index contributed by atoms with van der Waals surface area (Å²) < 4.78 is 86.6. The van der Waals surface area contributed by atoms with E-state index < -0.39 is 27.2 Å². The zero-order valence-electron chi connectivity index (χ0n) is 14.5. The van der Waals surface area contributed by atoms with Crippen LogP contribution in [0.15, 0.2) is 24.4 Å². The first-order valence-electron chi connectivity index (χ1n) is 8.50. The smallest absolute Gasteiger partial charge is 0.372 e. The Kier molecular flexibility index (Phi) is 4.87. The van der Waals surface area contributed by atoms with Crippen LogP contribution >= 0.6 is 11.6 Å². The summed E-state index contributed by atoms with van der Waals surface area (Å²) in [6.45, 7) is 0.561. The fourth-order valence-corrected chi connectivity index (χ4v) is 4.09. The van der Waals surface area contributed by atoms with Crippen LogP contribution < -0.4 is 4.18 Å². The highest BCUT2D eigenvalue weighted by Crippen LogP contribution is 2.42. The molecule has 0 spiro atoms. The molecule has 6 nitrogen and oxygen atoms in total. The highest BCUT2D eigenvalue weighted by Gasteiger charge is 2.49. The molecule has 1 aromatic heterocycles. The molecule has 1 fully saturated rings. The van der Waals surface area contributed by atoms with Gasteiger partial charge in [-0.25, -0.2) is 9.07 Å². The highest BCUT2D eigenvalue weighted by molar-refractivity contribution is 7.88. The fourth-order valence-electron chi connectivity index (χ4n) is 3.27. The summed E-state index contributed by atoms with van der Waals surface area (Å²) in [4.78, 5) is 0. The Bertz CT molecular complexity index is 1200. The topological polar surface area (TPSA) is 70.4 Å². The van der Waals surface area contributed by atoms with E-state index in [1.54, 1.807) is 4.68 Å². The van der Waals surface area contributed by atoms with Gasteiger partial charge in [0.2, 0.25) is 0 Å². The van der Waals surface area contributed by atoms with Crippen LogP contribution in [0.25, 0.3) is 21.7 Å². The largest absolute Gasteiger partial charge is 0.534 e. The normalized spacial score (nSPS) is 18.4. The molecule has 1 saturated heterocycles. The molecule has 1 atom stereocenters. The molecule has 0 saturated carbocycles. The van der Waals surface area contributed by atoms with Gasteiger partial charge >= 0.3 is 15.6 Å². The maximum absolute atomic E-state index is 14.3. The first kappa shape index (κ1) is 20.2. The van der Waals surface area contributed by atoms with Crippen LogP contribution in [0.3, 0.4) is 0 Å². The number of halogens is 5. The molecule has 1 unspecified atom stereocenters. The molecule has 0 bridgehead atoms. The third-order valence-corrected chi connectivity index (χ3v) is 5.97. The fraction of sp³-hybridized carbons (Fsp3) is 0.353. The van der Waals surface area contributed by atoms with E-state index >= 15 is 0 Å². The number of aromatic nitrogens is 2. The molecule has 0 aliphatic carbocycles. The molecule has 12 heteroatoms. The molecule has 0 radical (unpaired) electrons. The minimum Gasteiger partial charge on any atom is -0.372 e. The second kappa shape index (κ2) is 6.99.